The van der Waals surface area contributed by atoms with Crippen molar-refractivity contribution in [3.05, 3.63) is 18.1 Å². The number of nitrogens with zero attached hydrogens (tertiary/aromatic N) is 4. The minimum atomic E-state index is -1.20. The Hall–Kier alpha value is -1.81. The highest BCUT2D eigenvalue weighted by Crippen LogP contribution is 2.30. The van der Waals surface area contributed by atoms with Gasteiger partial charge in [0.15, 0.2) is 17.4 Å². The summed E-state index contributed by atoms with van der Waals surface area (Å²) in [5.74, 6) is 0. The molecule has 9 heteroatoms. The molecule has 2 aromatic heterocycles. The van der Waals surface area contributed by atoms with Gasteiger partial charge < -0.3 is 24.6 Å². The van der Waals surface area contributed by atoms with E-state index in [0.29, 0.717) is 11.2 Å². The van der Waals surface area contributed by atoms with E-state index >= 15 is 0 Å². The molecule has 1 saturated heterocycles. The van der Waals surface area contributed by atoms with Gasteiger partial charge in [-0.05, 0) is 0 Å². The van der Waals surface area contributed by atoms with Crippen LogP contribution >= 0.6 is 0 Å². The smallest absolute Gasteiger partial charge is 0.167 e. The largest absolute Gasteiger partial charge is 0.394 e. The molecule has 3 heterocycles. The summed E-state index contributed by atoms with van der Waals surface area (Å²) in [6.45, 7) is -0.395. The fourth-order valence-electron chi connectivity index (χ4n) is 2.31. The van der Waals surface area contributed by atoms with Gasteiger partial charge in [-0.1, -0.05) is 0 Å². The first-order chi connectivity index (χ1) is 9.54. The Morgan fingerprint density at radius 2 is 2.05 bits per heavy atom. The maximum Gasteiger partial charge on any atom is 0.167 e. The minimum Gasteiger partial charge on any atom is -0.394 e. The Balaban J connectivity index is 2.08. The second kappa shape index (κ2) is 4.63. The normalized spacial score (nSPS) is 30.2. The van der Waals surface area contributed by atoms with Crippen LogP contribution in [0.1, 0.15) is 6.23 Å². The Morgan fingerprint density at radius 3 is 2.70 bits per heavy atom. The van der Waals surface area contributed by atoms with Crippen LogP contribution in [0.5, 0.6) is 0 Å². The third kappa shape index (κ3) is 1.75. The molecular formula is C11H15N5O4. The quantitative estimate of drug-likeness (QED) is 0.497. The Bertz CT molecular complexity index is 696. The molecule has 1 fully saturated rings. The van der Waals surface area contributed by atoms with E-state index in [9.17, 15) is 10.2 Å². The molecule has 1 aliphatic rings. The lowest BCUT2D eigenvalue weighted by Crippen LogP contribution is -2.33. The number of rotatable bonds is 2. The van der Waals surface area contributed by atoms with Gasteiger partial charge in [-0.2, -0.15) is 0 Å². The van der Waals surface area contributed by atoms with Crippen LogP contribution in [0, 0.1) is 5.41 Å². The van der Waals surface area contributed by atoms with Gasteiger partial charge >= 0.3 is 0 Å². The number of aryl methyl sites for hydroxylation is 1. The summed E-state index contributed by atoms with van der Waals surface area (Å²) < 4.78 is 8.39. The predicted molar refractivity (Wildman–Crippen MR) is 65.4 cm³/mol. The highest BCUT2D eigenvalue weighted by Gasteiger charge is 2.43. The maximum atomic E-state index is 10.00. The van der Waals surface area contributed by atoms with Crippen molar-refractivity contribution in [1.29, 1.82) is 5.41 Å². The molecule has 1 aliphatic heterocycles. The van der Waals surface area contributed by atoms with Gasteiger partial charge in [-0.3, -0.25) is 9.98 Å². The fourth-order valence-corrected chi connectivity index (χ4v) is 2.31. The number of imidazole rings is 1. The van der Waals surface area contributed by atoms with Crippen LogP contribution in [-0.2, 0) is 11.8 Å². The number of hydrogen-bond donors (Lipinski definition) is 4. The molecule has 0 radical (unpaired) electrons. The zero-order valence-corrected chi connectivity index (χ0v) is 10.7. The Labute approximate surface area is 113 Å². The van der Waals surface area contributed by atoms with Crippen molar-refractivity contribution in [3.63, 3.8) is 0 Å². The molecule has 4 atom stereocenters. The summed E-state index contributed by atoms with van der Waals surface area (Å²) in [7, 11) is 1.68. The second-order valence-electron chi connectivity index (χ2n) is 4.76. The van der Waals surface area contributed by atoms with Crippen molar-refractivity contribution in [3.8, 4) is 0 Å². The molecule has 4 N–H and O–H groups in total. The molecule has 0 saturated carbocycles. The average molecular weight is 281 g/mol. The number of nitrogens with one attached hydrogen (secondary N) is 1. The molecule has 0 bridgehead atoms. The highest BCUT2D eigenvalue weighted by atomic mass is 16.6. The van der Waals surface area contributed by atoms with Crippen molar-refractivity contribution >= 4 is 11.2 Å². The number of aliphatic hydroxyl groups excluding tert-OH is 3. The third-order valence-corrected chi connectivity index (χ3v) is 3.49. The van der Waals surface area contributed by atoms with Crippen molar-refractivity contribution in [2.75, 3.05) is 6.61 Å². The first-order valence-electron chi connectivity index (χ1n) is 6.09. The zero-order valence-electron chi connectivity index (χ0n) is 10.7. The van der Waals surface area contributed by atoms with Crippen LogP contribution in [0.25, 0.3) is 11.2 Å². The molecule has 20 heavy (non-hydrogen) atoms. The first-order valence-corrected chi connectivity index (χ1v) is 6.09. The SMILES string of the molecule is Cn1cnc2c(ncn2[C@@H]2O[C@H](CO)C(O)[C@@H]2O)c1=N. The topological polar surface area (TPSA) is 129 Å². The standard InChI is InChI=1S/C11H15N5O4/c1-15-3-14-10-6(9(15)12)13-4-16(10)11-8(19)7(18)5(2-17)20-11/h3-5,7-8,11-12,17-19H,2H2,1H3/t5-,7?,8+,11-/m1/s1. The van der Waals surface area contributed by atoms with Crippen LogP contribution in [0.2, 0.25) is 0 Å². The van der Waals surface area contributed by atoms with Gasteiger partial charge in [0.05, 0.1) is 19.3 Å². The molecule has 108 valence electrons. The second-order valence-corrected chi connectivity index (χ2v) is 4.76. The molecular weight excluding hydrogens is 266 g/mol. The maximum absolute atomic E-state index is 10.00. The number of aliphatic hydroxyl groups is 3. The van der Waals surface area contributed by atoms with Gasteiger partial charge in [0.1, 0.15) is 23.8 Å². The van der Waals surface area contributed by atoms with E-state index in [2.05, 4.69) is 9.97 Å². The first kappa shape index (κ1) is 13.2. The molecule has 9 nitrogen and oxygen atoms in total. The van der Waals surface area contributed by atoms with E-state index in [1.807, 2.05) is 0 Å². The van der Waals surface area contributed by atoms with E-state index in [-0.39, 0.29) is 5.49 Å². The van der Waals surface area contributed by atoms with E-state index in [1.165, 1.54) is 21.8 Å². The molecule has 1 unspecified atom stereocenters. The molecule has 0 aliphatic carbocycles. The number of aromatic nitrogens is 4. The minimum absolute atomic E-state index is 0.181. The highest BCUT2D eigenvalue weighted by molar-refractivity contribution is 5.68. The van der Waals surface area contributed by atoms with E-state index in [1.54, 1.807) is 7.05 Å². The van der Waals surface area contributed by atoms with Crippen LogP contribution in [0.4, 0.5) is 0 Å². The predicted octanol–water partition coefficient (Wildman–Crippen LogP) is -2.14. The zero-order chi connectivity index (χ0) is 14.4. The molecule has 3 rings (SSSR count). The average Bonchev–Trinajstić information content (AvgIpc) is 2.98. The van der Waals surface area contributed by atoms with Gasteiger partial charge in [0, 0.05) is 7.05 Å². The van der Waals surface area contributed by atoms with Crippen molar-refractivity contribution in [1.82, 2.24) is 19.1 Å². The molecule has 0 aromatic carbocycles. The van der Waals surface area contributed by atoms with Crippen LogP contribution < -0.4 is 5.49 Å². The summed E-state index contributed by atoms with van der Waals surface area (Å²) in [6, 6.07) is 0. The van der Waals surface area contributed by atoms with Gasteiger partial charge in [-0.15, -0.1) is 0 Å². The summed E-state index contributed by atoms with van der Waals surface area (Å²) in [5.41, 5.74) is 0.927. The van der Waals surface area contributed by atoms with Crippen LogP contribution in [0.15, 0.2) is 12.7 Å². The van der Waals surface area contributed by atoms with Crippen LogP contribution in [-0.4, -0.2) is 59.3 Å². The molecule has 0 amide bonds. The lowest BCUT2D eigenvalue weighted by Gasteiger charge is -2.16. The van der Waals surface area contributed by atoms with E-state index < -0.39 is 31.1 Å². The Morgan fingerprint density at radius 1 is 1.30 bits per heavy atom. The summed E-state index contributed by atoms with van der Waals surface area (Å²) in [6.07, 6.45) is -1.28. The third-order valence-electron chi connectivity index (χ3n) is 3.49. The van der Waals surface area contributed by atoms with Crippen LogP contribution in [0.3, 0.4) is 0 Å². The lowest BCUT2D eigenvalue weighted by molar-refractivity contribution is -0.0511. The van der Waals surface area contributed by atoms with Gasteiger partial charge in [0.2, 0.25) is 0 Å². The number of hydrogen-bond acceptors (Lipinski definition) is 7. The van der Waals surface area contributed by atoms with Gasteiger partial charge in [-0.25, -0.2) is 9.97 Å². The monoisotopic (exact) mass is 281 g/mol. The summed E-state index contributed by atoms with van der Waals surface area (Å²) >= 11 is 0. The van der Waals surface area contributed by atoms with E-state index in [0.717, 1.165) is 0 Å². The number of fused-ring (bicyclic) bond motifs is 1. The Kier molecular flexibility index (Phi) is 3.05. The van der Waals surface area contributed by atoms with E-state index in [4.69, 9.17) is 15.3 Å². The summed E-state index contributed by atoms with van der Waals surface area (Å²) in [5, 5.41) is 36.8. The van der Waals surface area contributed by atoms with Crippen molar-refractivity contribution in [2.24, 2.45) is 7.05 Å². The lowest BCUT2D eigenvalue weighted by atomic mass is 10.1. The number of ether oxygens (including phenoxy) is 1. The van der Waals surface area contributed by atoms with Crippen molar-refractivity contribution in [2.45, 2.75) is 24.5 Å². The summed E-state index contributed by atoms with van der Waals surface area (Å²) in [4.78, 5) is 8.26. The van der Waals surface area contributed by atoms with Crippen molar-refractivity contribution < 1.29 is 20.1 Å². The molecule has 0 spiro atoms. The molecule has 2 aromatic rings. The fraction of sp³-hybridized carbons (Fsp3) is 0.545. The van der Waals surface area contributed by atoms with Gasteiger partial charge in [0.25, 0.3) is 0 Å².